The highest BCUT2D eigenvalue weighted by Crippen LogP contribution is 2.24. The van der Waals surface area contributed by atoms with Crippen molar-refractivity contribution in [2.75, 3.05) is 25.0 Å². The van der Waals surface area contributed by atoms with Crippen molar-refractivity contribution in [3.63, 3.8) is 0 Å². The van der Waals surface area contributed by atoms with Gasteiger partial charge in [-0.25, -0.2) is 13.4 Å². The lowest BCUT2D eigenvalue weighted by Crippen LogP contribution is -2.36. The average molecular weight is 269 g/mol. The third-order valence-corrected chi connectivity index (χ3v) is 4.98. The van der Waals surface area contributed by atoms with Gasteiger partial charge < -0.3 is 5.32 Å². The molecule has 1 saturated heterocycles. The van der Waals surface area contributed by atoms with Gasteiger partial charge in [0, 0.05) is 25.8 Å². The number of piperidine rings is 1. The first-order chi connectivity index (χ1) is 8.66. The molecule has 0 saturated carbocycles. The minimum Gasteiger partial charge on any atom is -0.369 e. The molecule has 0 aliphatic carbocycles. The van der Waals surface area contributed by atoms with E-state index in [0.29, 0.717) is 25.5 Å². The molecule has 1 aromatic heterocycles. The molecule has 100 valence electrons. The molecule has 18 heavy (non-hydrogen) atoms. The Kier molecular flexibility index (Phi) is 4.19. The molecule has 0 spiro atoms. The Bertz CT molecular complexity index is 496. The minimum absolute atomic E-state index is 0.286. The summed E-state index contributed by atoms with van der Waals surface area (Å²) in [5, 5.41) is 3.00. The fourth-order valence-electron chi connectivity index (χ4n) is 2.14. The molecular weight excluding hydrogens is 250 g/mol. The van der Waals surface area contributed by atoms with Gasteiger partial charge in [0.25, 0.3) is 0 Å². The largest absolute Gasteiger partial charge is 0.369 e. The SMILES string of the molecule is CCNc1ncccc1S(=O)(=O)N1CCCCC1. The molecular formula is C12H19N3O2S. The van der Waals surface area contributed by atoms with Crippen LogP contribution in [-0.2, 0) is 10.0 Å². The van der Waals surface area contributed by atoms with Crippen LogP contribution in [0.2, 0.25) is 0 Å². The smallest absolute Gasteiger partial charge is 0.246 e. The summed E-state index contributed by atoms with van der Waals surface area (Å²) in [6, 6.07) is 3.28. The van der Waals surface area contributed by atoms with Crippen LogP contribution < -0.4 is 5.32 Å². The molecule has 6 heteroatoms. The first kappa shape index (κ1) is 13.3. The summed E-state index contributed by atoms with van der Waals surface area (Å²) in [5.74, 6) is 0.450. The molecule has 1 aliphatic rings. The second-order valence-corrected chi connectivity index (χ2v) is 6.25. The summed E-state index contributed by atoms with van der Waals surface area (Å²) in [6.07, 6.45) is 4.60. The first-order valence-corrected chi connectivity index (χ1v) is 7.79. The zero-order valence-electron chi connectivity index (χ0n) is 10.6. The molecule has 0 radical (unpaired) electrons. The number of hydrogen-bond donors (Lipinski definition) is 1. The Morgan fingerprint density at radius 3 is 2.72 bits per heavy atom. The van der Waals surface area contributed by atoms with Crippen LogP contribution in [0.4, 0.5) is 5.82 Å². The molecule has 2 rings (SSSR count). The third kappa shape index (κ3) is 2.64. The fraction of sp³-hybridized carbons (Fsp3) is 0.583. The van der Waals surface area contributed by atoms with E-state index < -0.39 is 10.0 Å². The maximum absolute atomic E-state index is 12.5. The van der Waals surface area contributed by atoms with E-state index in [9.17, 15) is 8.42 Å². The van der Waals surface area contributed by atoms with Gasteiger partial charge in [-0.05, 0) is 31.9 Å². The molecule has 1 fully saturated rings. The Labute approximate surface area is 108 Å². The lowest BCUT2D eigenvalue weighted by molar-refractivity contribution is 0.346. The predicted octanol–water partition coefficient (Wildman–Crippen LogP) is 1.69. The summed E-state index contributed by atoms with van der Waals surface area (Å²) in [4.78, 5) is 4.40. The highest BCUT2D eigenvalue weighted by atomic mass is 32.2. The number of rotatable bonds is 4. The summed E-state index contributed by atoms with van der Waals surface area (Å²) >= 11 is 0. The molecule has 1 N–H and O–H groups in total. The summed E-state index contributed by atoms with van der Waals surface area (Å²) in [5.41, 5.74) is 0. The number of anilines is 1. The van der Waals surface area contributed by atoms with Crippen molar-refractivity contribution in [2.45, 2.75) is 31.1 Å². The second-order valence-electron chi connectivity index (χ2n) is 4.35. The van der Waals surface area contributed by atoms with Crippen molar-refractivity contribution in [2.24, 2.45) is 0 Å². The zero-order valence-corrected chi connectivity index (χ0v) is 11.4. The Hall–Kier alpha value is -1.14. The van der Waals surface area contributed by atoms with Crippen molar-refractivity contribution in [3.05, 3.63) is 18.3 Å². The third-order valence-electron chi connectivity index (χ3n) is 3.05. The fourth-order valence-corrected chi connectivity index (χ4v) is 3.78. The second kappa shape index (κ2) is 5.67. The number of nitrogens with one attached hydrogen (secondary N) is 1. The number of aromatic nitrogens is 1. The number of hydrogen-bond acceptors (Lipinski definition) is 4. The lowest BCUT2D eigenvalue weighted by Gasteiger charge is -2.26. The van der Waals surface area contributed by atoms with Gasteiger partial charge in [-0.3, -0.25) is 0 Å². The van der Waals surface area contributed by atoms with Crippen LogP contribution in [0.1, 0.15) is 26.2 Å². The zero-order chi connectivity index (χ0) is 13.0. The predicted molar refractivity (Wildman–Crippen MR) is 71.0 cm³/mol. The summed E-state index contributed by atoms with van der Waals surface area (Å²) < 4.78 is 26.6. The lowest BCUT2D eigenvalue weighted by atomic mass is 10.2. The van der Waals surface area contributed by atoms with Crippen LogP contribution in [0.15, 0.2) is 23.2 Å². The topological polar surface area (TPSA) is 62.3 Å². The van der Waals surface area contributed by atoms with E-state index in [1.807, 2.05) is 6.92 Å². The maximum atomic E-state index is 12.5. The van der Waals surface area contributed by atoms with Gasteiger partial charge in [0.1, 0.15) is 10.7 Å². The van der Waals surface area contributed by atoms with Crippen LogP contribution in [0, 0.1) is 0 Å². The van der Waals surface area contributed by atoms with Gasteiger partial charge in [-0.1, -0.05) is 6.42 Å². The Morgan fingerprint density at radius 2 is 2.06 bits per heavy atom. The molecule has 1 aliphatic heterocycles. The number of pyridine rings is 1. The first-order valence-electron chi connectivity index (χ1n) is 6.35. The van der Waals surface area contributed by atoms with Crippen LogP contribution in [0.3, 0.4) is 0 Å². The van der Waals surface area contributed by atoms with Gasteiger partial charge >= 0.3 is 0 Å². The molecule has 1 aromatic rings. The molecule has 0 aromatic carbocycles. The van der Waals surface area contributed by atoms with Gasteiger partial charge in [0.05, 0.1) is 0 Å². The van der Waals surface area contributed by atoms with Crippen LogP contribution >= 0.6 is 0 Å². The van der Waals surface area contributed by atoms with Crippen molar-refractivity contribution in [1.82, 2.24) is 9.29 Å². The summed E-state index contributed by atoms with van der Waals surface area (Å²) in [7, 11) is -3.41. The molecule has 0 bridgehead atoms. The molecule has 5 nitrogen and oxygen atoms in total. The highest BCUT2D eigenvalue weighted by Gasteiger charge is 2.28. The average Bonchev–Trinajstić information content (AvgIpc) is 2.41. The van der Waals surface area contributed by atoms with Crippen molar-refractivity contribution in [1.29, 1.82) is 0 Å². The van der Waals surface area contributed by atoms with E-state index in [2.05, 4.69) is 10.3 Å². The van der Waals surface area contributed by atoms with Crippen LogP contribution in [-0.4, -0.2) is 37.3 Å². The van der Waals surface area contributed by atoms with E-state index in [0.717, 1.165) is 19.3 Å². The highest BCUT2D eigenvalue weighted by molar-refractivity contribution is 7.89. The van der Waals surface area contributed by atoms with Gasteiger partial charge in [0.2, 0.25) is 10.0 Å². The van der Waals surface area contributed by atoms with Crippen molar-refractivity contribution < 1.29 is 8.42 Å². The van der Waals surface area contributed by atoms with E-state index in [1.165, 1.54) is 0 Å². The van der Waals surface area contributed by atoms with Crippen molar-refractivity contribution in [3.8, 4) is 0 Å². The van der Waals surface area contributed by atoms with E-state index in [4.69, 9.17) is 0 Å². The van der Waals surface area contributed by atoms with Gasteiger partial charge in [-0.2, -0.15) is 4.31 Å². The molecule has 2 heterocycles. The Morgan fingerprint density at radius 1 is 1.33 bits per heavy atom. The standard InChI is InChI=1S/C12H19N3O2S/c1-2-13-12-11(7-6-8-14-12)18(16,17)15-9-4-3-5-10-15/h6-8H,2-5,9-10H2,1H3,(H,13,14). The van der Waals surface area contributed by atoms with E-state index in [1.54, 1.807) is 22.6 Å². The molecule has 0 unspecified atom stereocenters. The molecule has 0 amide bonds. The summed E-state index contributed by atoms with van der Waals surface area (Å²) in [6.45, 7) is 3.80. The van der Waals surface area contributed by atoms with Crippen LogP contribution in [0.25, 0.3) is 0 Å². The molecule has 0 atom stereocenters. The maximum Gasteiger partial charge on any atom is 0.246 e. The number of sulfonamides is 1. The van der Waals surface area contributed by atoms with E-state index in [-0.39, 0.29) is 4.90 Å². The van der Waals surface area contributed by atoms with E-state index >= 15 is 0 Å². The quantitative estimate of drug-likeness (QED) is 0.903. The monoisotopic (exact) mass is 269 g/mol. The van der Waals surface area contributed by atoms with Crippen molar-refractivity contribution >= 4 is 15.8 Å². The van der Waals surface area contributed by atoms with Gasteiger partial charge in [0.15, 0.2) is 0 Å². The number of nitrogens with zero attached hydrogens (tertiary/aromatic N) is 2. The van der Waals surface area contributed by atoms with Crippen LogP contribution in [0.5, 0.6) is 0 Å². The minimum atomic E-state index is -3.41. The Balaban J connectivity index is 2.34. The normalized spacial score (nSPS) is 17.6. The van der Waals surface area contributed by atoms with Gasteiger partial charge in [-0.15, -0.1) is 0 Å².